The summed E-state index contributed by atoms with van der Waals surface area (Å²) in [6.07, 6.45) is 1.66. The molecule has 3 rings (SSSR count). The van der Waals surface area contributed by atoms with Crippen LogP contribution in [0.4, 0.5) is 0 Å². The number of rotatable bonds is 5. The fraction of sp³-hybridized carbons (Fsp3) is 0.190. The minimum Gasteiger partial charge on any atom is -0.436 e. The molecular weight excluding hydrogens is 326 g/mol. The van der Waals surface area contributed by atoms with Crippen LogP contribution in [0.2, 0.25) is 0 Å². The van der Waals surface area contributed by atoms with Crippen molar-refractivity contribution in [3.05, 3.63) is 65.9 Å². The summed E-state index contributed by atoms with van der Waals surface area (Å²) < 4.78 is 5.89. The molecular formula is C21H19N3O2. The number of hydrogen-bond acceptors (Lipinski definition) is 4. The molecule has 130 valence electrons. The van der Waals surface area contributed by atoms with Crippen molar-refractivity contribution < 1.29 is 9.21 Å². The van der Waals surface area contributed by atoms with Gasteiger partial charge in [-0.05, 0) is 26.0 Å². The maximum absolute atomic E-state index is 12.5. The predicted molar refractivity (Wildman–Crippen MR) is 99.2 cm³/mol. The molecule has 5 heteroatoms. The topological polar surface area (TPSA) is 78.9 Å². The monoisotopic (exact) mass is 345 g/mol. The van der Waals surface area contributed by atoms with Crippen LogP contribution < -0.4 is 5.32 Å². The number of aromatic nitrogens is 1. The predicted octanol–water partition coefficient (Wildman–Crippen LogP) is 4.21. The molecule has 0 saturated heterocycles. The molecule has 0 aliphatic heterocycles. The number of hydrogen-bond donors (Lipinski definition) is 1. The van der Waals surface area contributed by atoms with Gasteiger partial charge in [-0.25, -0.2) is 4.98 Å². The standard InChI is InChI=1S/C21H19N3O2/c1-14-7-9-16(10-8-14)19-13-24-21(26-19)18-6-4-3-5-17(18)20(25)23-12-15(2)11-22/h3-10,13,15H,12H2,1-2H3,(H,23,25). The Morgan fingerprint density at radius 2 is 1.96 bits per heavy atom. The fourth-order valence-electron chi connectivity index (χ4n) is 2.50. The third-order valence-corrected chi connectivity index (χ3v) is 4.03. The van der Waals surface area contributed by atoms with Gasteiger partial charge < -0.3 is 9.73 Å². The number of benzene rings is 2. The summed E-state index contributed by atoms with van der Waals surface area (Å²) in [5.41, 5.74) is 3.18. The van der Waals surface area contributed by atoms with Gasteiger partial charge in [-0.1, -0.05) is 42.0 Å². The summed E-state index contributed by atoms with van der Waals surface area (Å²) in [5.74, 6) is 0.534. The van der Waals surface area contributed by atoms with Crippen LogP contribution in [0.25, 0.3) is 22.8 Å². The van der Waals surface area contributed by atoms with Gasteiger partial charge in [0.2, 0.25) is 5.89 Å². The Morgan fingerprint density at radius 1 is 1.23 bits per heavy atom. The van der Waals surface area contributed by atoms with Gasteiger partial charge in [0.05, 0.1) is 23.7 Å². The quantitative estimate of drug-likeness (QED) is 0.751. The van der Waals surface area contributed by atoms with E-state index in [0.717, 1.165) is 5.56 Å². The van der Waals surface area contributed by atoms with E-state index < -0.39 is 0 Å². The van der Waals surface area contributed by atoms with Gasteiger partial charge in [0.25, 0.3) is 5.91 Å². The van der Waals surface area contributed by atoms with E-state index in [4.69, 9.17) is 9.68 Å². The highest BCUT2D eigenvalue weighted by molar-refractivity contribution is 6.00. The maximum atomic E-state index is 12.5. The molecule has 5 nitrogen and oxygen atoms in total. The number of nitrogens with one attached hydrogen (secondary N) is 1. The number of carbonyl (C=O) groups excluding carboxylic acids is 1. The van der Waals surface area contributed by atoms with Crippen LogP contribution in [0.3, 0.4) is 0 Å². The van der Waals surface area contributed by atoms with Crippen LogP contribution in [0.1, 0.15) is 22.8 Å². The van der Waals surface area contributed by atoms with E-state index in [-0.39, 0.29) is 11.8 Å². The lowest BCUT2D eigenvalue weighted by molar-refractivity contribution is 0.0951. The molecule has 0 bridgehead atoms. The minimum atomic E-state index is -0.252. The van der Waals surface area contributed by atoms with Crippen molar-refractivity contribution in [3.8, 4) is 28.8 Å². The number of nitriles is 1. The van der Waals surface area contributed by atoms with Crippen molar-refractivity contribution in [1.29, 1.82) is 5.26 Å². The molecule has 0 radical (unpaired) electrons. The molecule has 0 aliphatic carbocycles. The fourth-order valence-corrected chi connectivity index (χ4v) is 2.50. The van der Waals surface area contributed by atoms with Crippen molar-refractivity contribution >= 4 is 5.91 Å². The highest BCUT2D eigenvalue weighted by atomic mass is 16.4. The van der Waals surface area contributed by atoms with Crippen LogP contribution in [0.5, 0.6) is 0 Å². The molecule has 3 aromatic rings. The van der Waals surface area contributed by atoms with Crippen LogP contribution >= 0.6 is 0 Å². The third kappa shape index (κ3) is 3.81. The first-order chi connectivity index (χ1) is 12.6. The van der Waals surface area contributed by atoms with E-state index in [2.05, 4.69) is 16.4 Å². The largest absolute Gasteiger partial charge is 0.436 e. The number of aryl methyl sites for hydroxylation is 1. The Kier molecular flexibility index (Phi) is 5.14. The summed E-state index contributed by atoms with van der Waals surface area (Å²) in [7, 11) is 0. The summed E-state index contributed by atoms with van der Waals surface area (Å²) in [4.78, 5) is 16.8. The number of oxazole rings is 1. The van der Waals surface area contributed by atoms with Gasteiger partial charge in [-0.3, -0.25) is 4.79 Å². The van der Waals surface area contributed by atoms with E-state index >= 15 is 0 Å². The first-order valence-electron chi connectivity index (χ1n) is 8.38. The number of amides is 1. The van der Waals surface area contributed by atoms with E-state index in [9.17, 15) is 4.79 Å². The Balaban J connectivity index is 1.87. The molecule has 1 N–H and O–H groups in total. The van der Waals surface area contributed by atoms with Crippen LogP contribution in [-0.2, 0) is 0 Å². The highest BCUT2D eigenvalue weighted by Gasteiger charge is 2.17. The zero-order valence-corrected chi connectivity index (χ0v) is 14.7. The second-order valence-corrected chi connectivity index (χ2v) is 6.18. The van der Waals surface area contributed by atoms with Crippen molar-refractivity contribution in [1.82, 2.24) is 10.3 Å². The van der Waals surface area contributed by atoms with E-state index in [1.54, 1.807) is 31.3 Å². The summed E-state index contributed by atoms with van der Waals surface area (Å²) in [6, 6.07) is 17.2. The molecule has 1 unspecified atom stereocenters. The maximum Gasteiger partial charge on any atom is 0.252 e. The average Bonchev–Trinajstić information content (AvgIpc) is 3.16. The van der Waals surface area contributed by atoms with E-state index in [1.165, 1.54) is 5.56 Å². The molecule has 0 saturated carbocycles. The van der Waals surface area contributed by atoms with Gasteiger partial charge >= 0.3 is 0 Å². The molecule has 26 heavy (non-hydrogen) atoms. The van der Waals surface area contributed by atoms with Gasteiger partial charge in [-0.2, -0.15) is 5.26 Å². The van der Waals surface area contributed by atoms with Gasteiger partial charge in [0.1, 0.15) is 0 Å². The first-order valence-corrected chi connectivity index (χ1v) is 8.38. The normalized spacial score (nSPS) is 11.6. The molecule has 0 aliphatic rings. The third-order valence-electron chi connectivity index (χ3n) is 4.03. The smallest absolute Gasteiger partial charge is 0.252 e. The zero-order chi connectivity index (χ0) is 18.5. The first kappa shape index (κ1) is 17.4. The summed E-state index contributed by atoms with van der Waals surface area (Å²) >= 11 is 0. The minimum absolute atomic E-state index is 0.249. The van der Waals surface area contributed by atoms with Crippen LogP contribution in [-0.4, -0.2) is 17.4 Å². The van der Waals surface area contributed by atoms with Crippen molar-refractivity contribution in [2.75, 3.05) is 6.54 Å². The Bertz CT molecular complexity index is 952. The molecule has 1 heterocycles. The second-order valence-electron chi connectivity index (χ2n) is 6.18. The van der Waals surface area contributed by atoms with Gasteiger partial charge in [0.15, 0.2) is 5.76 Å². The number of carbonyl (C=O) groups is 1. The van der Waals surface area contributed by atoms with E-state index in [1.807, 2.05) is 37.3 Å². The molecule has 1 atom stereocenters. The van der Waals surface area contributed by atoms with E-state index in [0.29, 0.717) is 29.3 Å². The SMILES string of the molecule is Cc1ccc(-c2cnc(-c3ccccc3C(=O)NCC(C)C#N)o2)cc1. The highest BCUT2D eigenvalue weighted by Crippen LogP contribution is 2.28. The lowest BCUT2D eigenvalue weighted by Gasteiger charge is -2.09. The molecule has 0 spiro atoms. The molecule has 0 fully saturated rings. The molecule has 1 amide bonds. The lowest BCUT2D eigenvalue weighted by Crippen LogP contribution is -2.28. The summed E-state index contributed by atoms with van der Waals surface area (Å²) in [5, 5.41) is 11.6. The van der Waals surface area contributed by atoms with Gasteiger partial charge in [0, 0.05) is 17.7 Å². The molecule has 2 aromatic carbocycles. The van der Waals surface area contributed by atoms with Crippen molar-refractivity contribution in [2.24, 2.45) is 5.92 Å². The van der Waals surface area contributed by atoms with Gasteiger partial charge in [-0.15, -0.1) is 0 Å². The Morgan fingerprint density at radius 3 is 2.69 bits per heavy atom. The lowest BCUT2D eigenvalue weighted by atomic mass is 10.1. The Hall–Kier alpha value is -3.39. The number of nitrogens with zero attached hydrogens (tertiary/aromatic N) is 2. The Labute approximate surface area is 152 Å². The van der Waals surface area contributed by atoms with Crippen LogP contribution in [0.15, 0.2) is 59.1 Å². The molecule has 1 aromatic heterocycles. The second kappa shape index (κ2) is 7.66. The average molecular weight is 345 g/mol. The van der Waals surface area contributed by atoms with Crippen molar-refractivity contribution in [3.63, 3.8) is 0 Å². The van der Waals surface area contributed by atoms with Crippen LogP contribution in [0, 0.1) is 24.2 Å². The zero-order valence-electron chi connectivity index (χ0n) is 14.7. The summed E-state index contributed by atoms with van der Waals surface area (Å²) in [6.45, 7) is 4.08. The van der Waals surface area contributed by atoms with Crippen molar-refractivity contribution in [2.45, 2.75) is 13.8 Å².